The van der Waals surface area contributed by atoms with Crippen LogP contribution in [0.5, 0.6) is 0 Å². The minimum absolute atomic E-state index is 0.110. The summed E-state index contributed by atoms with van der Waals surface area (Å²) in [5.74, 6) is -0.678. The van der Waals surface area contributed by atoms with Gasteiger partial charge in [-0.15, -0.1) is 0 Å². The van der Waals surface area contributed by atoms with Crippen LogP contribution < -0.4 is 5.32 Å². The highest BCUT2D eigenvalue weighted by molar-refractivity contribution is 5.96. The molecule has 0 fully saturated rings. The van der Waals surface area contributed by atoms with Crippen molar-refractivity contribution in [2.24, 2.45) is 0 Å². The number of carbonyl (C=O) groups is 2. The minimum atomic E-state index is -0.591. The van der Waals surface area contributed by atoms with E-state index in [0.29, 0.717) is 5.56 Å². The van der Waals surface area contributed by atoms with Crippen molar-refractivity contribution in [1.29, 1.82) is 0 Å². The molecule has 0 atom stereocenters. The smallest absolute Gasteiger partial charge is 0.406 e. The maximum absolute atomic E-state index is 12.8. The summed E-state index contributed by atoms with van der Waals surface area (Å²) in [6, 6.07) is 5.43. The first-order valence-electron chi connectivity index (χ1n) is 4.74. The maximum atomic E-state index is 12.8. The Morgan fingerprint density at radius 2 is 2.19 bits per heavy atom. The Bertz CT molecular complexity index is 393. The molecule has 0 heterocycles. The lowest BCUT2D eigenvalue weighted by Crippen LogP contribution is -2.25. The number of Topliss-reactive ketones (excluding diaryl/α,β-unsaturated/α-hetero) is 1. The Kier molecular flexibility index (Phi) is 4.44. The molecule has 1 N–H and O–H groups in total. The molecule has 86 valence electrons. The molecule has 0 radical (unpaired) electrons. The molecule has 0 bridgehead atoms. The Morgan fingerprint density at radius 1 is 1.44 bits per heavy atom. The number of ketones is 1. The van der Waals surface area contributed by atoms with Gasteiger partial charge in [-0.3, -0.25) is 4.79 Å². The molecule has 0 aliphatic heterocycles. The van der Waals surface area contributed by atoms with Gasteiger partial charge >= 0.3 is 6.09 Å². The van der Waals surface area contributed by atoms with Crippen molar-refractivity contribution in [1.82, 2.24) is 5.32 Å². The fourth-order valence-corrected chi connectivity index (χ4v) is 1.16. The fraction of sp³-hybridized carbons (Fsp3) is 0.273. The second-order valence-corrected chi connectivity index (χ2v) is 3.10. The number of nitrogens with one attached hydrogen (secondary N) is 1. The quantitative estimate of drug-likeness (QED) is 0.794. The normalized spacial score (nSPS) is 9.62. The number of hydrogen-bond acceptors (Lipinski definition) is 3. The Labute approximate surface area is 92.4 Å². The lowest BCUT2D eigenvalue weighted by atomic mass is 10.1. The average Bonchev–Trinajstić information content (AvgIpc) is 2.28. The number of benzene rings is 1. The SMILES string of the molecule is COC(=O)NCCC(=O)c1cccc(F)c1. The van der Waals surface area contributed by atoms with Crippen LogP contribution >= 0.6 is 0 Å². The second kappa shape index (κ2) is 5.85. The molecule has 0 aromatic heterocycles. The van der Waals surface area contributed by atoms with E-state index >= 15 is 0 Å². The standard InChI is InChI=1S/C11H12FNO3/c1-16-11(15)13-6-5-10(14)8-3-2-4-9(12)7-8/h2-4,7H,5-6H2,1H3,(H,13,15). The van der Waals surface area contributed by atoms with Gasteiger partial charge in [-0.25, -0.2) is 9.18 Å². The van der Waals surface area contributed by atoms with Gasteiger partial charge in [0, 0.05) is 18.5 Å². The first kappa shape index (κ1) is 12.2. The van der Waals surface area contributed by atoms with E-state index in [-0.39, 0.29) is 18.7 Å². The number of rotatable bonds is 4. The van der Waals surface area contributed by atoms with Crippen LogP contribution in [0.3, 0.4) is 0 Å². The molecule has 1 rings (SSSR count). The van der Waals surface area contributed by atoms with E-state index < -0.39 is 11.9 Å². The summed E-state index contributed by atoms with van der Waals surface area (Å²) in [6.07, 6.45) is -0.481. The lowest BCUT2D eigenvalue weighted by molar-refractivity contribution is 0.0981. The van der Waals surface area contributed by atoms with E-state index in [0.717, 1.165) is 0 Å². The number of hydrogen-bond donors (Lipinski definition) is 1. The fourth-order valence-electron chi connectivity index (χ4n) is 1.16. The summed E-state index contributed by atoms with van der Waals surface area (Å²) in [6.45, 7) is 0.169. The number of halogens is 1. The van der Waals surface area contributed by atoms with Gasteiger partial charge in [0.15, 0.2) is 5.78 Å². The molecule has 0 saturated carbocycles. The van der Waals surface area contributed by atoms with E-state index in [1.807, 2.05) is 0 Å². The van der Waals surface area contributed by atoms with Crippen LogP contribution in [0.15, 0.2) is 24.3 Å². The number of amides is 1. The van der Waals surface area contributed by atoms with Gasteiger partial charge in [0.2, 0.25) is 0 Å². The topological polar surface area (TPSA) is 55.4 Å². The predicted octanol–water partition coefficient (Wildman–Crippen LogP) is 1.75. The van der Waals surface area contributed by atoms with Crippen LogP contribution in [0.4, 0.5) is 9.18 Å². The summed E-state index contributed by atoms with van der Waals surface area (Å²) in [7, 11) is 1.24. The minimum Gasteiger partial charge on any atom is -0.453 e. The van der Waals surface area contributed by atoms with Crippen molar-refractivity contribution in [3.63, 3.8) is 0 Å². The van der Waals surface area contributed by atoms with Crippen molar-refractivity contribution in [3.05, 3.63) is 35.6 Å². The molecule has 0 spiro atoms. The zero-order valence-corrected chi connectivity index (χ0v) is 8.83. The molecule has 1 aromatic rings. The Hall–Kier alpha value is -1.91. The monoisotopic (exact) mass is 225 g/mol. The predicted molar refractivity (Wildman–Crippen MR) is 55.8 cm³/mol. The second-order valence-electron chi connectivity index (χ2n) is 3.10. The third-order valence-corrected chi connectivity index (χ3v) is 1.95. The molecule has 4 nitrogen and oxygen atoms in total. The summed E-state index contributed by atoms with van der Waals surface area (Å²) < 4.78 is 17.1. The summed E-state index contributed by atoms with van der Waals surface area (Å²) in [5, 5.41) is 2.37. The number of ether oxygens (including phenoxy) is 1. The van der Waals surface area contributed by atoms with E-state index in [1.54, 1.807) is 0 Å². The molecule has 0 saturated heterocycles. The van der Waals surface area contributed by atoms with Gasteiger partial charge in [0.1, 0.15) is 5.82 Å². The van der Waals surface area contributed by atoms with Crippen LogP contribution in [0.2, 0.25) is 0 Å². The van der Waals surface area contributed by atoms with Crippen molar-refractivity contribution in [2.75, 3.05) is 13.7 Å². The molecule has 5 heteroatoms. The van der Waals surface area contributed by atoms with Gasteiger partial charge in [-0.05, 0) is 12.1 Å². The first-order chi connectivity index (χ1) is 7.63. The first-order valence-corrected chi connectivity index (χ1v) is 4.74. The molecular formula is C11H12FNO3. The highest BCUT2D eigenvalue weighted by Gasteiger charge is 2.07. The zero-order valence-electron chi connectivity index (χ0n) is 8.83. The number of carbonyl (C=O) groups excluding carboxylic acids is 2. The van der Waals surface area contributed by atoms with Gasteiger partial charge in [0.05, 0.1) is 7.11 Å². The third-order valence-electron chi connectivity index (χ3n) is 1.95. The van der Waals surface area contributed by atoms with E-state index in [4.69, 9.17) is 0 Å². The molecule has 0 unspecified atom stereocenters. The molecule has 1 amide bonds. The van der Waals surface area contributed by atoms with Gasteiger partial charge < -0.3 is 10.1 Å². The maximum Gasteiger partial charge on any atom is 0.406 e. The van der Waals surface area contributed by atoms with Crippen molar-refractivity contribution in [2.45, 2.75) is 6.42 Å². The van der Waals surface area contributed by atoms with Crippen LogP contribution in [0, 0.1) is 5.82 Å². The van der Waals surface area contributed by atoms with Crippen LogP contribution in [-0.4, -0.2) is 25.5 Å². The largest absolute Gasteiger partial charge is 0.453 e. The number of methoxy groups -OCH3 is 1. The highest BCUT2D eigenvalue weighted by atomic mass is 19.1. The van der Waals surface area contributed by atoms with E-state index in [9.17, 15) is 14.0 Å². The van der Waals surface area contributed by atoms with Crippen molar-refractivity contribution < 1.29 is 18.7 Å². The molecule has 0 aliphatic carbocycles. The zero-order chi connectivity index (χ0) is 12.0. The highest BCUT2D eigenvalue weighted by Crippen LogP contribution is 2.05. The molecule has 0 aliphatic rings. The lowest BCUT2D eigenvalue weighted by Gasteiger charge is -2.03. The van der Waals surface area contributed by atoms with E-state index in [2.05, 4.69) is 10.1 Å². The average molecular weight is 225 g/mol. The molecular weight excluding hydrogens is 213 g/mol. The van der Waals surface area contributed by atoms with Crippen LogP contribution in [0.1, 0.15) is 16.8 Å². The van der Waals surface area contributed by atoms with Gasteiger partial charge in [-0.1, -0.05) is 12.1 Å². The van der Waals surface area contributed by atoms with Crippen LogP contribution in [-0.2, 0) is 4.74 Å². The summed E-state index contributed by atoms with van der Waals surface area (Å²) in [5.41, 5.74) is 0.298. The number of alkyl carbamates (subject to hydrolysis) is 1. The summed E-state index contributed by atoms with van der Waals surface area (Å²) >= 11 is 0. The molecule has 1 aromatic carbocycles. The third kappa shape index (κ3) is 3.68. The van der Waals surface area contributed by atoms with Gasteiger partial charge in [0.25, 0.3) is 0 Å². The Morgan fingerprint density at radius 3 is 2.81 bits per heavy atom. The summed E-state index contributed by atoms with van der Waals surface area (Å²) in [4.78, 5) is 22.2. The van der Waals surface area contributed by atoms with Crippen molar-refractivity contribution in [3.8, 4) is 0 Å². The Balaban J connectivity index is 2.44. The van der Waals surface area contributed by atoms with Crippen LogP contribution in [0.25, 0.3) is 0 Å². The van der Waals surface area contributed by atoms with Crippen molar-refractivity contribution >= 4 is 11.9 Å². The molecule has 16 heavy (non-hydrogen) atoms. The van der Waals surface area contributed by atoms with E-state index in [1.165, 1.54) is 31.4 Å². The van der Waals surface area contributed by atoms with Gasteiger partial charge in [-0.2, -0.15) is 0 Å².